The molecule has 14 heteroatoms. The number of rotatable bonds is 8. The van der Waals surface area contributed by atoms with Crippen LogP contribution < -0.4 is 4.74 Å². The highest BCUT2D eigenvalue weighted by Crippen LogP contribution is 2.41. The SMILES string of the molecule is CCC[C@H]1N(C(=O)c2cnccc2C(F)(F)F)CCC[C@@]1(Oc1ccc(C(F)(F)F)cc1)C(=O)N1CCC(Sc2ccccn2)CC1. The summed E-state index contributed by atoms with van der Waals surface area (Å²) in [6, 6.07) is 9.29. The normalized spacial score (nSPS) is 21.0. The molecule has 0 bridgehead atoms. The molecule has 0 aliphatic carbocycles. The third-order valence-corrected chi connectivity index (χ3v) is 9.83. The van der Waals surface area contributed by atoms with Gasteiger partial charge in [-0.2, -0.15) is 26.3 Å². The van der Waals surface area contributed by atoms with Gasteiger partial charge in [-0.15, -0.1) is 11.8 Å². The molecule has 0 N–H and O–H groups in total. The molecule has 3 aromatic rings. The van der Waals surface area contributed by atoms with Crippen LogP contribution in [0.1, 0.15) is 66.9 Å². The quantitative estimate of drug-likeness (QED) is 0.229. The number of thioether (sulfide) groups is 1. The number of alkyl halides is 6. The second kappa shape index (κ2) is 14.1. The number of pyridine rings is 2. The van der Waals surface area contributed by atoms with Crippen LogP contribution in [0, 0.1) is 0 Å². The van der Waals surface area contributed by atoms with E-state index in [1.807, 2.05) is 25.1 Å². The molecule has 7 nitrogen and oxygen atoms in total. The molecule has 5 rings (SSSR count). The average Bonchev–Trinajstić information content (AvgIpc) is 3.05. The van der Waals surface area contributed by atoms with E-state index in [1.165, 1.54) is 4.90 Å². The van der Waals surface area contributed by atoms with E-state index in [-0.39, 0.29) is 36.8 Å². The van der Waals surface area contributed by atoms with Gasteiger partial charge >= 0.3 is 12.4 Å². The third kappa shape index (κ3) is 7.68. The second-order valence-corrected chi connectivity index (χ2v) is 12.9. The maximum atomic E-state index is 14.7. The van der Waals surface area contributed by atoms with Gasteiger partial charge in [0.25, 0.3) is 11.8 Å². The van der Waals surface area contributed by atoms with Gasteiger partial charge in [0.15, 0.2) is 0 Å². The van der Waals surface area contributed by atoms with E-state index in [9.17, 15) is 35.9 Å². The Hall–Kier alpha value is -3.81. The van der Waals surface area contributed by atoms with Gasteiger partial charge in [0.2, 0.25) is 5.60 Å². The lowest BCUT2D eigenvalue weighted by Gasteiger charge is -2.50. The van der Waals surface area contributed by atoms with Gasteiger partial charge in [0.1, 0.15) is 5.75 Å². The highest BCUT2D eigenvalue weighted by molar-refractivity contribution is 7.99. The van der Waals surface area contributed by atoms with Gasteiger partial charge in [-0.25, -0.2) is 4.98 Å². The molecule has 2 saturated heterocycles. The van der Waals surface area contributed by atoms with Crippen molar-refractivity contribution in [2.75, 3.05) is 19.6 Å². The minimum Gasteiger partial charge on any atom is -0.475 e. The number of amides is 2. The zero-order valence-electron chi connectivity index (χ0n) is 25.6. The molecule has 1 aromatic carbocycles. The van der Waals surface area contributed by atoms with E-state index < -0.39 is 52.5 Å². The summed E-state index contributed by atoms with van der Waals surface area (Å²) in [5.41, 5.74) is -4.46. The molecule has 2 amide bonds. The van der Waals surface area contributed by atoms with Crippen molar-refractivity contribution in [3.63, 3.8) is 0 Å². The van der Waals surface area contributed by atoms with Crippen LogP contribution in [-0.2, 0) is 17.1 Å². The summed E-state index contributed by atoms with van der Waals surface area (Å²) in [7, 11) is 0. The van der Waals surface area contributed by atoms with Crippen molar-refractivity contribution < 1.29 is 40.7 Å². The second-order valence-electron chi connectivity index (χ2n) is 11.6. The summed E-state index contributed by atoms with van der Waals surface area (Å²) < 4.78 is 88.3. The number of hydrogen-bond acceptors (Lipinski definition) is 6. The van der Waals surface area contributed by atoms with Gasteiger partial charge < -0.3 is 14.5 Å². The van der Waals surface area contributed by atoms with Crippen LogP contribution >= 0.6 is 11.8 Å². The van der Waals surface area contributed by atoms with Gasteiger partial charge in [-0.3, -0.25) is 14.6 Å². The number of halogens is 6. The fourth-order valence-electron chi connectivity index (χ4n) is 6.32. The minimum absolute atomic E-state index is 0.0142. The molecule has 0 radical (unpaired) electrons. The van der Waals surface area contributed by atoms with Crippen molar-refractivity contribution in [2.24, 2.45) is 0 Å². The van der Waals surface area contributed by atoms with Crippen LogP contribution in [0.2, 0.25) is 0 Å². The predicted octanol–water partition coefficient (Wildman–Crippen LogP) is 7.52. The molecule has 2 atom stereocenters. The summed E-state index contributed by atoms with van der Waals surface area (Å²) >= 11 is 1.61. The standard InChI is InChI=1S/C33H34F6N4O3S/c1-2-6-27-31(46-23-10-8-22(9-11-23)32(34,35)36,30(45)42-19-13-24(14-20-42)47-28-7-3-4-16-41-28)15-5-18-43(27)29(44)25-21-40-17-12-26(25)33(37,38)39/h3-4,7-12,16-17,21,24,27H,2,5-6,13-15,18-20H2,1H3/t27-,31+/m1/s1. The molecule has 4 heterocycles. The van der Waals surface area contributed by atoms with Crippen LogP contribution in [0.25, 0.3) is 0 Å². The lowest BCUT2D eigenvalue weighted by atomic mass is 9.79. The maximum Gasteiger partial charge on any atom is 0.417 e. The first-order valence-corrected chi connectivity index (χ1v) is 16.3. The number of benzene rings is 1. The molecule has 2 fully saturated rings. The molecule has 0 saturated carbocycles. The average molecular weight is 681 g/mol. The summed E-state index contributed by atoms with van der Waals surface area (Å²) in [6.07, 6.45) is -3.65. The van der Waals surface area contributed by atoms with Gasteiger partial charge in [0.05, 0.1) is 27.8 Å². The fourth-order valence-corrected chi connectivity index (χ4v) is 7.39. The van der Waals surface area contributed by atoms with E-state index in [1.54, 1.807) is 22.9 Å². The van der Waals surface area contributed by atoms with Gasteiger partial charge in [-0.05, 0) is 68.1 Å². The third-order valence-electron chi connectivity index (χ3n) is 8.54. The molecular weight excluding hydrogens is 646 g/mol. The number of carbonyl (C=O) groups excluding carboxylic acids is 2. The molecule has 2 aliphatic heterocycles. The number of aromatic nitrogens is 2. The van der Waals surface area contributed by atoms with E-state index >= 15 is 0 Å². The highest BCUT2D eigenvalue weighted by atomic mass is 32.2. The number of carbonyl (C=O) groups is 2. The van der Waals surface area contributed by atoms with Gasteiger partial charge in [0, 0.05) is 49.9 Å². The Morgan fingerprint density at radius 3 is 2.30 bits per heavy atom. The first-order valence-electron chi connectivity index (χ1n) is 15.4. The lowest BCUT2D eigenvalue weighted by Crippen LogP contribution is -2.68. The molecule has 47 heavy (non-hydrogen) atoms. The van der Waals surface area contributed by atoms with E-state index in [0.717, 1.165) is 47.8 Å². The highest BCUT2D eigenvalue weighted by Gasteiger charge is 2.56. The van der Waals surface area contributed by atoms with Gasteiger partial charge in [-0.1, -0.05) is 19.4 Å². The first-order chi connectivity index (χ1) is 22.3. The molecule has 0 spiro atoms. The Morgan fingerprint density at radius 1 is 0.957 bits per heavy atom. The Bertz CT molecular complexity index is 1530. The van der Waals surface area contributed by atoms with Crippen molar-refractivity contribution in [3.05, 3.63) is 83.8 Å². The van der Waals surface area contributed by atoms with Crippen molar-refractivity contribution in [2.45, 2.75) is 79.7 Å². The molecule has 2 aliphatic rings. The first kappa shape index (κ1) is 34.5. The molecular formula is C33H34F6N4O3S. The number of piperidine rings is 2. The van der Waals surface area contributed by atoms with Crippen LogP contribution in [0.15, 0.2) is 72.1 Å². The van der Waals surface area contributed by atoms with Crippen molar-refractivity contribution in [3.8, 4) is 5.75 Å². The lowest BCUT2D eigenvalue weighted by molar-refractivity contribution is -0.160. The molecule has 252 valence electrons. The van der Waals surface area contributed by atoms with Crippen LogP contribution in [-0.4, -0.2) is 68.1 Å². The summed E-state index contributed by atoms with van der Waals surface area (Å²) in [5.74, 6) is -1.40. The van der Waals surface area contributed by atoms with E-state index in [0.29, 0.717) is 32.4 Å². The fraction of sp³-hybridized carbons (Fsp3) is 0.455. The Balaban J connectivity index is 1.49. The number of likely N-dealkylation sites (tertiary alicyclic amines) is 2. The van der Waals surface area contributed by atoms with Crippen LogP contribution in [0.3, 0.4) is 0 Å². The van der Waals surface area contributed by atoms with Crippen molar-refractivity contribution in [1.82, 2.24) is 19.8 Å². The number of nitrogens with zero attached hydrogens (tertiary/aromatic N) is 4. The molecule has 0 unspecified atom stereocenters. The smallest absolute Gasteiger partial charge is 0.417 e. The Kier molecular flexibility index (Phi) is 10.4. The number of ether oxygens (including phenoxy) is 1. The topological polar surface area (TPSA) is 75.6 Å². The predicted molar refractivity (Wildman–Crippen MR) is 163 cm³/mol. The van der Waals surface area contributed by atoms with Crippen LogP contribution in [0.5, 0.6) is 5.75 Å². The van der Waals surface area contributed by atoms with E-state index in [4.69, 9.17) is 4.74 Å². The van der Waals surface area contributed by atoms with Crippen molar-refractivity contribution >= 4 is 23.6 Å². The largest absolute Gasteiger partial charge is 0.475 e. The summed E-state index contributed by atoms with van der Waals surface area (Å²) in [6.45, 7) is 2.59. The van der Waals surface area contributed by atoms with Crippen LogP contribution in [0.4, 0.5) is 26.3 Å². The summed E-state index contributed by atoms with van der Waals surface area (Å²) in [4.78, 5) is 39.6. The van der Waals surface area contributed by atoms with E-state index in [2.05, 4.69) is 9.97 Å². The van der Waals surface area contributed by atoms with Crippen molar-refractivity contribution in [1.29, 1.82) is 0 Å². The maximum absolute atomic E-state index is 14.7. The minimum atomic E-state index is -4.83. The zero-order valence-corrected chi connectivity index (χ0v) is 26.4. The Morgan fingerprint density at radius 2 is 1.68 bits per heavy atom. The zero-order chi connectivity index (χ0) is 33.8. The molecule has 2 aromatic heterocycles. The number of hydrogen-bond donors (Lipinski definition) is 0. The monoisotopic (exact) mass is 680 g/mol. The Labute approximate surface area is 272 Å². The summed E-state index contributed by atoms with van der Waals surface area (Å²) in [5, 5.41) is 1.04.